The fourth-order valence-electron chi connectivity index (χ4n) is 4.66. The number of nitrogens with zero attached hydrogens (tertiary/aromatic N) is 3. The van der Waals surface area contributed by atoms with Crippen LogP contribution in [0.15, 0.2) is 30.5 Å². The molecule has 0 amide bonds. The Labute approximate surface area is 171 Å². The minimum Gasteiger partial charge on any atom is -0.497 e. The number of ether oxygens (including phenoxy) is 1. The molecule has 0 bridgehead atoms. The zero-order valence-corrected chi connectivity index (χ0v) is 17.7. The van der Waals surface area contributed by atoms with E-state index >= 15 is 0 Å². The molecule has 0 radical (unpaired) electrons. The summed E-state index contributed by atoms with van der Waals surface area (Å²) in [6.45, 7) is 3.22. The maximum absolute atomic E-state index is 12.0. The van der Waals surface area contributed by atoms with Gasteiger partial charge in [-0.1, -0.05) is 12.1 Å². The molecule has 2 unspecified atom stereocenters. The molecule has 1 aromatic heterocycles. The van der Waals surface area contributed by atoms with Gasteiger partial charge in [0.05, 0.1) is 31.9 Å². The van der Waals surface area contributed by atoms with E-state index in [9.17, 15) is 13.5 Å². The minimum atomic E-state index is -3.25. The predicted molar refractivity (Wildman–Crippen MR) is 110 cm³/mol. The minimum absolute atomic E-state index is 0.0261. The van der Waals surface area contributed by atoms with Crippen molar-refractivity contribution in [1.29, 1.82) is 0 Å². The van der Waals surface area contributed by atoms with Crippen LogP contribution in [0.2, 0.25) is 0 Å². The van der Waals surface area contributed by atoms with E-state index in [1.165, 1.54) is 10.6 Å². The Morgan fingerprint density at radius 3 is 2.93 bits per heavy atom. The topological polar surface area (TPSA) is 98.8 Å². The fraction of sp³-hybridized carbons (Fsp3) is 0.550. The van der Waals surface area contributed by atoms with Crippen LogP contribution in [0, 0.1) is 11.3 Å². The molecule has 2 atom stereocenters. The molecule has 1 aromatic carbocycles. The van der Waals surface area contributed by atoms with Crippen molar-refractivity contribution in [2.24, 2.45) is 11.3 Å². The molecule has 2 saturated heterocycles. The smallest absolute Gasteiger partial charge is 0.211 e. The maximum atomic E-state index is 12.0. The molecule has 4 rings (SSSR count). The highest BCUT2D eigenvalue weighted by Crippen LogP contribution is 2.43. The molecule has 0 saturated carbocycles. The number of hydrogen-bond donors (Lipinski definition) is 2. The van der Waals surface area contributed by atoms with Gasteiger partial charge in [-0.05, 0) is 31.0 Å². The van der Waals surface area contributed by atoms with E-state index < -0.39 is 10.0 Å². The second kappa shape index (κ2) is 7.71. The second-order valence-corrected chi connectivity index (χ2v) is 10.2. The third-order valence-electron chi connectivity index (χ3n) is 6.44. The summed E-state index contributed by atoms with van der Waals surface area (Å²) in [6.07, 6.45) is 3.88. The van der Waals surface area contributed by atoms with Crippen LogP contribution >= 0.6 is 0 Å². The van der Waals surface area contributed by atoms with E-state index in [4.69, 9.17) is 4.74 Å². The summed E-state index contributed by atoms with van der Waals surface area (Å²) in [5, 5.41) is 17.4. The number of likely N-dealkylation sites (tertiary alicyclic amines) is 1. The standard InChI is InChI=1S/C20H28N4O4S/c1-28-18-5-3-4-15(8-18)19-16(9-21-22-19)10-23-7-6-20(14-25)13-24(29(2,26)27)12-17(20)11-23/h3-5,8-9,17,25H,6-7,10-14H2,1-2H3,(H,21,22). The number of aromatic amines is 1. The molecule has 9 heteroatoms. The Morgan fingerprint density at radius 1 is 1.38 bits per heavy atom. The summed E-state index contributed by atoms with van der Waals surface area (Å²) >= 11 is 0. The van der Waals surface area contributed by atoms with Gasteiger partial charge in [0.1, 0.15) is 5.75 Å². The normalized spacial score (nSPS) is 25.8. The zero-order valence-electron chi connectivity index (χ0n) is 16.8. The average Bonchev–Trinajstić information content (AvgIpc) is 3.32. The Balaban J connectivity index is 1.51. The third kappa shape index (κ3) is 3.92. The van der Waals surface area contributed by atoms with E-state index in [1.54, 1.807) is 7.11 Å². The van der Waals surface area contributed by atoms with Crippen molar-refractivity contribution in [2.45, 2.75) is 13.0 Å². The SMILES string of the molecule is COc1cccc(-c2[nH]ncc2CN2CCC3(CO)CN(S(C)(=O)=O)CC3C2)c1. The lowest BCUT2D eigenvalue weighted by Gasteiger charge is -2.42. The van der Waals surface area contributed by atoms with Crippen LogP contribution in [-0.2, 0) is 16.6 Å². The summed E-state index contributed by atoms with van der Waals surface area (Å²) in [5.74, 6) is 0.920. The number of aliphatic hydroxyl groups excluding tert-OH is 1. The highest BCUT2D eigenvalue weighted by molar-refractivity contribution is 7.88. The number of hydrogen-bond acceptors (Lipinski definition) is 6. The molecule has 8 nitrogen and oxygen atoms in total. The number of rotatable bonds is 6. The summed E-state index contributed by atoms with van der Waals surface area (Å²) in [7, 11) is -1.60. The first-order valence-corrected chi connectivity index (χ1v) is 11.6. The zero-order chi connectivity index (χ0) is 20.6. The first-order chi connectivity index (χ1) is 13.8. The number of methoxy groups -OCH3 is 1. The van der Waals surface area contributed by atoms with Gasteiger partial charge in [0, 0.05) is 42.7 Å². The largest absolute Gasteiger partial charge is 0.497 e. The molecule has 2 aliphatic heterocycles. The quantitative estimate of drug-likeness (QED) is 0.728. The first kappa shape index (κ1) is 20.3. The lowest BCUT2D eigenvalue weighted by molar-refractivity contribution is 0.0171. The number of aromatic nitrogens is 2. The molecule has 2 aromatic rings. The number of H-pyrrole nitrogens is 1. The van der Waals surface area contributed by atoms with Crippen molar-refractivity contribution in [1.82, 2.24) is 19.4 Å². The van der Waals surface area contributed by atoms with Gasteiger partial charge in [0.25, 0.3) is 0 Å². The Bertz CT molecular complexity index is 976. The maximum Gasteiger partial charge on any atom is 0.211 e. The monoisotopic (exact) mass is 420 g/mol. The van der Waals surface area contributed by atoms with E-state index in [0.717, 1.165) is 48.6 Å². The molecular weight excluding hydrogens is 392 g/mol. The second-order valence-electron chi connectivity index (χ2n) is 8.26. The molecule has 0 aliphatic carbocycles. The summed E-state index contributed by atoms with van der Waals surface area (Å²) in [5.41, 5.74) is 2.74. The molecule has 158 valence electrons. The molecule has 2 fully saturated rings. The van der Waals surface area contributed by atoms with Crippen molar-refractivity contribution in [3.05, 3.63) is 36.0 Å². The van der Waals surface area contributed by atoms with Gasteiger partial charge < -0.3 is 9.84 Å². The van der Waals surface area contributed by atoms with Crippen LogP contribution in [-0.4, -0.2) is 79.1 Å². The van der Waals surface area contributed by atoms with Crippen molar-refractivity contribution in [3.8, 4) is 17.0 Å². The third-order valence-corrected chi connectivity index (χ3v) is 7.66. The van der Waals surface area contributed by atoms with Gasteiger partial charge in [0.2, 0.25) is 10.0 Å². The van der Waals surface area contributed by atoms with Crippen molar-refractivity contribution < 1.29 is 18.3 Å². The summed E-state index contributed by atoms with van der Waals surface area (Å²) < 4.78 is 30.9. The average molecular weight is 421 g/mol. The van der Waals surface area contributed by atoms with Gasteiger partial charge in [-0.3, -0.25) is 10.00 Å². The van der Waals surface area contributed by atoms with Gasteiger partial charge in [0.15, 0.2) is 0 Å². The van der Waals surface area contributed by atoms with Crippen LogP contribution in [0.25, 0.3) is 11.3 Å². The van der Waals surface area contributed by atoms with Crippen molar-refractivity contribution in [2.75, 3.05) is 46.2 Å². The Hall–Kier alpha value is -1.94. The van der Waals surface area contributed by atoms with Crippen LogP contribution in [0.5, 0.6) is 5.75 Å². The lowest BCUT2D eigenvalue weighted by Crippen LogP contribution is -2.48. The van der Waals surface area contributed by atoms with Crippen LogP contribution in [0.3, 0.4) is 0 Å². The van der Waals surface area contributed by atoms with Crippen molar-refractivity contribution in [3.63, 3.8) is 0 Å². The lowest BCUT2D eigenvalue weighted by atomic mass is 9.73. The highest BCUT2D eigenvalue weighted by atomic mass is 32.2. The van der Waals surface area contributed by atoms with Crippen LogP contribution in [0.4, 0.5) is 0 Å². The van der Waals surface area contributed by atoms with E-state index in [2.05, 4.69) is 15.1 Å². The van der Waals surface area contributed by atoms with Crippen LogP contribution in [0.1, 0.15) is 12.0 Å². The number of benzene rings is 1. The Kier molecular flexibility index (Phi) is 5.41. The van der Waals surface area contributed by atoms with Crippen LogP contribution < -0.4 is 4.74 Å². The Morgan fingerprint density at radius 2 is 2.21 bits per heavy atom. The summed E-state index contributed by atoms with van der Waals surface area (Å²) in [4.78, 5) is 2.33. The number of sulfonamides is 1. The predicted octanol–water partition coefficient (Wildman–Crippen LogP) is 1.16. The summed E-state index contributed by atoms with van der Waals surface area (Å²) in [6, 6.07) is 7.86. The van der Waals surface area contributed by atoms with Gasteiger partial charge in [-0.15, -0.1) is 0 Å². The molecule has 3 heterocycles. The van der Waals surface area contributed by atoms with Crippen molar-refractivity contribution >= 4 is 10.0 Å². The molecule has 29 heavy (non-hydrogen) atoms. The van der Waals surface area contributed by atoms with Gasteiger partial charge >= 0.3 is 0 Å². The molecular formula is C20H28N4O4S. The fourth-order valence-corrected chi connectivity index (χ4v) is 5.60. The molecule has 2 aliphatic rings. The van der Waals surface area contributed by atoms with Gasteiger partial charge in [-0.2, -0.15) is 5.10 Å². The number of nitrogens with one attached hydrogen (secondary N) is 1. The first-order valence-electron chi connectivity index (χ1n) is 9.80. The highest BCUT2D eigenvalue weighted by Gasteiger charge is 2.51. The van der Waals surface area contributed by atoms with E-state index in [0.29, 0.717) is 13.1 Å². The van der Waals surface area contributed by atoms with E-state index in [1.807, 2.05) is 30.5 Å². The molecule has 2 N–H and O–H groups in total. The van der Waals surface area contributed by atoms with Gasteiger partial charge in [-0.25, -0.2) is 12.7 Å². The molecule has 0 spiro atoms. The number of piperidine rings is 1. The van der Waals surface area contributed by atoms with E-state index in [-0.39, 0.29) is 17.9 Å². The number of fused-ring (bicyclic) bond motifs is 1. The number of aliphatic hydroxyl groups is 1.